The lowest BCUT2D eigenvalue weighted by atomic mass is 10.1. The Kier molecular flexibility index (Phi) is 2.82. The molecule has 0 aromatic heterocycles. The van der Waals surface area contributed by atoms with Gasteiger partial charge in [0, 0.05) is 18.0 Å². The van der Waals surface area contributed by atoms with Crippen molar-refractivity contribution in [3.8, 4) is 0 Å². The lowest BCUT2D eigenvalue weighted by molar-refractivity contribution is 0.121. The number of nitrogens with two attached hydrogens (primary N) is 1. The monoisotopic (exact) mass is 206 g/mol. The van der Waals surface area contributed by atoms with Crippen LogP contribution in [0.5, 0.6) is 0 Å². The van der Waals surface area contributed by atoms with Gasteiger partial charge in [0.15, 0.2) is 0 Å². The first-order chi connectivity index (χ1) is 7.16. The number of nitrogens with one attached hydrogen (secondary N) is 1. The second-order valence-corrected chi connectivity index (χ2v) is 4.19. The molecule has 0 saturated carbocycles. The zero-order valence-corrected chi connectivity index (χ0v) is 9.29. The summed E-state index contributed by atoms with van der Waals surface area (Å²) in [6.07, 6.45) is 1.35. The highest BCUT2D eigenvalue weighted by Crippen LogP contribution is 2.22. The first kappa shape index (κ1) is 10.3. The van der Waals surface area contributed by atoms with E-state index in [2.05, 4.69) is 18.3 Å². The standard InChI is InChI=1S/C12H18N2O/c1-8-3-4-10(7-11(8)13)14-12-5-6-15-9(12)2/h3-4,7,9,12,14H,5-6,13H2,1-2H3. The highest BCUT2D eigenvalue weighted by Gasteiger charge is 2.23. The minimum Gasteiger partial charge on any atom is -0.398 e. The molecule has 0 spiro atoms. The van der Waals surface area contributed by atoms with E-state index in [4.69, 9.17) is 10.5 Å². The summed E-state index contributed by atoms with van der Waals surface area (Å²) in [5, 5.41) is 3.45. The second-order valence-electron chi connectivity index (χ2n) is 4.19. The average Bonchev–Trinajstić information content (AvgIpc) is 2.59. The van der Waals surface area contributed by atoms with Crippen LogP contribution in [0.25, 0.3) is 0 Å². The normalized spacial score (nSPS) is 25.5. The van der Waals surface area contributed by atoms with Gasteiger partial charge in [-0.1, -0.05) is 6.07 Å². The maximum absolute atomic E-state index is 5.86. The molecule has 15 heavy (non-hydrogen) atoms. The molecule has 82 valence electrons. The second kappa shape index (κ2) is 4.11. The summed E-state index contributed by atoms with van der Waals surface area (Å²) in [7, 11) is 0. The van der Waals surface area contributed by atoms with E-state index < -0.39 is 0 Å². The third-order valence-corrected chi connectivity index (χ3v) is 3.01. The molecule has 3 N–H and O–H groups in total. The van der Waals surface area contributed by atoms with E-state index in [1.165, 1.54) is 0 Å². The quantitative estimate of drug-likeness (QED) is 0.729. The summed E-state index contributed by atoms with van der Waals surface area (Å²) in [6, 6.07) is 6.50. The van der Waals surface area contributed by atoms with Gasteiger partial charge in [-0.15, -0.1) is 0 Å². The van der Waals surface area contributed by atoms with Crippen LogP contribution in [-0.2, 0) is 4.74 Å². The summed E-state index contributed by atoms with van der Waals surface area (Å²) in [5.74, 6) is 0. The van der Waals surface area contributed by atoms with Gasteiger partial charge in [-0.2, -0.15) is 0 Å². The molecule has 1 aromatic carbocycles. The maximum atomic E-state index is 5.86. The third-order valence-electron chi connectivity index (χ3n) is 3.01. The van der Waals surface area contributed by atoms with Gasteiger partial charge in [-0.3, -0.25) is 0 Å². The summed E-state index contributed by atoms with van der Waals surface area (Å²) in [5.41, 5.74) is 8.90. The highest BCUT2D eigenvalue weighted by molar-refractivity contribution is 5.58. The fraction of sp³-hybridized carbons (Fsp3) is 0.500. The molecule has 3 nitrogen and oxygen atoms in total. The van der Waals surface area contributed by atoms with Gasteiger partial charge in [0.1, 0.15) is 0 Å². The van der Waals surface area contributed by atoms with Crippen LogP contribution in [0.1, 0.15) is 18.9 Å². The third kappa shape index (κ3) is 2.23. The smallest absolute Gasteiger partial charge is 0.0748 e. The van der Waals surface area contributed by atoms with E-state index in [-0.39, 0.29) is 6.10 Å². The summed E-state index contributed by atoms with van der Waals surface area (Å²) >= 11 is 0. The molecule has 1 fully saturated rings. The molecule has 0 amide bonds. The lowest BCUT2D eigenvalue weighted by Crippen LogP contribution is -2.26. The van der Waals surface area contributed by atoms with E-state index >= 15 is 0 Å². The van der Waals surface area contributed by atoms with Crippen molar-refractivity contribution in [3.63, 3.8) is 0 Å². The van der Waals surface area contributed by atoms with Gasteiger partial charge in [0.05, 0.1) is 12.1 Å². The van der Waals surface area contributed by atoms with Crippen molar-refractivity contribution in [1.82, 2.24) is 0 Å². The molecular weight excluding hydrogens is 188 g/mol. The average molecular weight is 206 g/mol. The molecule has 0 aliphatic carbocycles. The van der Waals surface area contributed by atoms with Crippen molar-refractivity contribution in [1.29, 1.82) is 0 Å². The number of nitrogen functional groups attached to an aromatic ring is 1. The number of anilines is 2. The van der Waals surface area contributed by atoms with Gasteiger partial charge in [-0.25, -0.2) is 0 Å². The molecule has 1 heterocycles. The van der Waals surface area contributed by atoms with Crippen LogP contribution in [-0.4, -0.2) is 18.8 Å². The Morgan fingerprint density at radius 2 is 2.27 bits per heavy atom. The Morgan fingerprint density at radius 3 is 2.87 bits per heavy atom. The minimum absolute atomic E-state index is 0.285. The Labute approximate surface area is 90.6 Å². The van der Waals surface area contributed by atoms with Gasteiger partial charge in [0.2, 0.25) is 0 Å². The van der Waals surface area contributed by atoms with E-state index in [0.717, 1.165) is 30.0 Å². The predicted molar refractivity (Wildman–Crippen MR) is 63.0 cm³/mol. The van der Waals surface area contributed by atoms with Crippen molar-refractivity contribution in [2.75, 3.05) is 17.7 Å². The van der Waals surface area contributed by atoms with E-state index in [1.807, 2.05) is 19.1 Å². The zero-order valence-electron chi connectivity index (χ0n) is 9.29. The van der Waals surface area contributed by atoms with E-state index in [0.29, 0.717) is 6.04 Å². The molecule has 0 radical (unpaired) electrons. The summed E-state index contributed by atoms with van der Waals surface area (Å²) in [6.45, 7) is 4.96. The van der Waals surface area contributed by atoms with Crippen LogP contribution in [0.2, 0.25) is 0 Å². The molecule has 2 rings (SSSR count). The van der Waals surface area contributed by atoms with Gasteiger partial charge < -0.3 is 15.8 Å². The van der Waals surface area contributed by atoms with Crippen LogP contribution in [0.15, 0.2) is 18.2 Å². The maximum Gasteiger partial charge on any atom is 0.0748 e. The number of benzene rings is 1. The largest absolute Gasteiger partial charge is 0.398 e. The van der Waals surface area contributed by atoms with E-state index in [1.54, 1.807) is 0 Å². The zero-order chi connectivity index (χ0) is 10.8. The molecule has 2 atom stereocenters. The van der Waals surface area contributed by atoms with Crippen LogP contribution < -0.4 is 11.1 Å². The Morgan fingerprint density at radius 1 is 1.47 bits per heavy atom. The van der Waals surface area contributed by atoms with Gasteiger partial charge in [-0.05, 0) is 38.0 Å². The van der Waals surface area contributed by atoms with Crippen LogP contribution >= 0.6 is 0 Å². The molecule has 2 unspecified atom stereocenters. The van der Waals surface area contributed by atoms with Crippen molar-refractivity contribution in [3.05, 3.63) is 23.8 Å². The first-order valence-corrected chi connectivity index (χ1v) is 5.41. The molecule has 1 aliphatic heterocycles. The van der Waals surface area contributed by atoms with Gasteiger partial charge in [0.25, 0.3) is 0 Å². The number of hydrogen-bond acceptors (Lipinski definition) is 3. The first-order valence-electron chi connectivity index (χ1n) is 5.41. The Hall–Kier alpha value is -1.22. The fourth-order valence-corrected chi connectivity index (χ4v) is 1.87. The van der Waals surface area contributed by atoms with Crippen molar-refractivity contribution in [2.24, 2.45) is 0 Å². The summed E-state index contributed by atoms with van der Waals surface area (Å²) < 4.78 is 5.50. The molecule has 0 bridgehead atoms. The Bertz CT molecular complexity index is 351. The lowest BCUT2D eigenvalue weighted by Gasteiger charge is -2.17. The molecule has 3 heteroatoms. The minimum atomic E-state index is 0.285. The topological polar surface area (TPSA) is 47.3 Å². The predicted octanol–water partition coefficient (Wildman–Crippen LogP) is 2.17. The van der Waals surface area contributed by atoms with Crippen molar-refractivity contribution < 1.29 is 4.74 Å². The van der Waals surface area contributed by atoms with Crippen LogP contribution in [0.3, 0.4) is 0 Å². The van der Waals surface area contributed by atoms with Crippen molar-refractivity contribution in [2.45, 2.75) is 32.4 Å². The number of rotatable bonds is 2. The number of aryl methyl sites for hydroxylation is 1. The summed E-state index contributed by atoms with van der Waals surface area (Å²) in [4.78, 5) is 0. The Balaban J connectivity index is 2.07. The highest BCUT2D eigenvalue weighted by atomic mass is 16.5. The fourth-order valence-electron chi connectivity index (χ4n) is 1.87. The van der Waals surface area contributed by atoms with Gasteiger partial charge >= 0.3 is 0 Å². The molecular formula is C12H18N2O. The number of ether oxygens (including phenoxy) is 1. The molecule has 1 aliphatic rings. The number of hydrogen-bond donors (Lipinski definition) is 2. The van der Waals surface area contributed by atoms with Crippen LogP contribution in [0.4, 0.5) is 11.4 Å². The van der Waals surface area contributed by atoms with Crippen molar-refractivity contribution >= 4 is 11.4 Å². The molecule has 1 saturated heterocycles. The van der Waals surface area contributed by atoms with Crippen LogP contribution in [0, 0.1) is 6.92 Å². The SMILES string of the molecule is Cc1ccc(NC2CCOC2C)cc1N. The van der Waals surface area contributed by atoms with E-state index in [9.17, 15) is 0 Å². The molecule has 1 aromatic rings.